The highest BCUT2D eigenvalue weighted by Crippen LogP contribution is 2.29. The minimum absolute atomic E-state index is 0.00858. The number of likely N-dealkylation sites (tertiary alicyclic amines) is 1. The van der Waals surface area contributed by atoms with Gasteiger partial charge in [-0.15, -0.1) is 0 Å². The van der Waals surface area contributed by atoms with Crippen molar-refractivity contribution in [3.8, 4) is 5.75 Å². The monoisotopic (exact) mass is 467 g/mol. The molecule has 0 N–H and O–H groups in total. The molecule has 35 heavy (non-hydrogen) atoms. The average molecular weight is 468 g/mol. The Morgan fingerprint density at radius 1 is 1.00 bits per heavy atom. The molecule has 2 aromatic carbocycles. The Bertz CT molecular complexity index is 1270. The molecule has 0 unspecified atom stereocenters. The molecule has 6 heteroatoms. The maximum absolute atomic E-state index is 13.2. The zero-order valence-corrected chi connectivity index (χ0v) is 19.9. The molecule has 4 aromatic rings. The topological polar surface area (TPSA) is 68.5 Å². The molecule has 3 heterocycles. The molecule has 2 aromatic heterocycles. The molecule has 1 atom stereocenters. The van der Waals surface area contributed by atoms with E-state index in [-0.39, 0.29) is 11.8 Å². The number of methoxy groups -OCH3 is 1. The van der Waals surface area contributed by atoms with Gasteiger partial charge in [0.1, 0.15) is 11.5 Å². The lowest BCUT2D eigenvalue weighted by Gasteiger charge is -2.31. The number of benzene rings is 2. The molecule has 6 nitrogen and oxygen atoms in total. The summed E-state index contributed by atoms with van der Waals surface area (Å²) < 4.78 is 11.6. The van der Waals surface area contributed by atoms with E-state index in [2.05, 4.69) is 22.1 Å². The van der Waals surface area contributed by atoms with Crippen molar-refractivity contribution in [1.29, 1.82) is 0 Å². The molecule has 0 aliphatic carbocycles. The summed E-state index contributed by atoms with van der Waals surface area (Å²) in [5, 5.41) is 0. The van der Waals surface area contributed by atoms with Gasteiger partial charge in [-0.1, -0.05) is 48.5 Å². The van der Waals surface area contributed by atoms with E-state index in [9.17, 15) is 4.79 Å². The van der Waals surface area contributed by atoms with Gasteiger partial charge in [0.25, 0.3) is 5.91 Å². The lowest BCUT2D eigenvalue weighted by atomic mass is 9.97. The van der Waals surface area contributed by atoms with E-state index in [1.54, 1.807) is 19.5 Å². The first-order chi connectivity index (χ1) is 17.2. The predicted octanol–water partition coefficient (Wildman–Crippen LogP) is 5.28. The van der Waals surface area contributed by atoms with Gasteiger partial charge in [0.15, 0.2) is 5.89 Å². The molecule has 0 spiro atoms. The Morgan fingerprint density at radius 3 is 2.63 bits per heavy atom. The maximum Gasteiger partial charge on any atom is 0.255 e. The second-order valence-electron chi connectivity index (χ2n) is 8.94. The molecule has 0 saturated carbocycles. The van der Waals surface area contributed by atoms with Crippen LogP contribution in [0, 0.1) is 0 Å². The highest BCUT2D eigenvalue weighted by molar-refractivity contribution is 5.94. The second kappa shape index (κ2) is 10.6. The lowest BCUT2D eigenvalue weighted by Crippen LogP contribution is -2.39. The molecule has 1 saturated heterocycles. The Hall–Kier alpha value is -3.93. The standard InChI is InChI=1S/C29H29N3O3/c1-34-27-12-6-5-10-22(27)17-26-19-31-28(35-26)24-11-7-15-32(20-24)29(33)23-13-14-25(30-18-23)16-21-8-3-2-4-9-21/h2-6,8-10,12-14,18-19,24H,7,11,15-17,20H2,1H3/t24-/m0/s1. The summed E-state index contributed by atoms with van der Waals surface area (Å²) in [6.45, 7) is 1.33. The van der Waals surface area contributed by atoms with Gasteiger partial charge in [-0.05, 0) is 36.6 Å². The SMILES string of the molecule is COc1ccccc1Cc1cnc([C@H]2CCCN(C(=O)c3ccc(Cc4ccccc4)nc3)C2)o1. The Kier molecular flexibility index (Phi) is 6.89. The first-order valence-corrected chi connectivity index (χ1v) is 12.0. The van der Waals surface area contributed by atoms with Crippen LogP contribution in [0.15, 0.2) is 83.5 Å². The van der Waals surface area contributed by atoms with Crippen LogP contribution in [0.1, 0.15) is 57.6 Å². The number of hydrogen-bond donors (Lipinski definition) is 0. The van der Waals surface area contributed by atoms with Gasteiger partial charge < -0.3 is 14.1 Å². The van der Waals surface area contributed by atoms with E-state index < -0.39 is 0 Å². The quantitative estimate of drug-likeness (QED) is 0.370. The average Bonchev–Trinajstić information content (AvgIpc) is 3.38. The largest absolute Gasteiger partial charge is 0.496 e. The van der Waals surface area contributed by atoms with Crippen molar-refractivity contribution in [2.75, 3.05) is 20.2 Å². The minimum Gasteiger partial charge on any atom is -0.496 e. The number of ether oxygens (including phenoxy) is 1. The van der Waals surface area contributed by atoms with E-state index in [1.807, 2.05) is 59.5 Å². The van der Waals surface area contributed by atoms with E-state index in [1.165, 1.54) is 5.56 Å². The fourth-order valence-corrected chi connectivity index (χ4v) is 4.64. The number of carbonyl (C=O) groups is 1. The van der Waals surface area contributed by atoms with Gasteiger partial charge >= 0.3 is 0 Å². The number of carbonyl (C=O) groups excluding carboxylic acids is 1. The van der Waals surface area contributed by atoms with Crippen molar-refractivity contribution in [3.05, 3.63) is 113 Å². The molecule has 1 aliphatic heterocycles. The van der Waals surface area contributed by atoms with Gasteiger partial charge in [0.05, 0.1) is 24.8 Å². The Labute approximate surface area is 205 Å². The minimum atomic E-state index is 0.00858. The molecule has 178 valence electrons. The van der Waals surface area contributed by atoms with Gasteiger partial charge in [0.2, 0.25) is 0 Å². The van der Waals surface area contributed by atoms with Crippen LogP contribution in [0.2, 0.25) is 0 Å². The highest BCUT2D eigenvalue weighted by atomic mass is 16.5. The predicted molar refractivity (Wildman–Crippen MR) is 134 cm³/mol. The van der Waals surface area contributed by atoms with Crippen molar-refractivity contribution >= 4 is 5.91 Å². The molecule has 1 aliphatic rings. The summed E-state index contributed by atoms with van der Waals surface area (Å²) in [5.74, 6) is 2.43. The summed E-state index contributed by atoms with van der Waals surface area (Å²) >= 11 is 0. The van der Waals surface area contributed by atoms with Crippen molar-refractivity contribution in [2.24, 2.45) is 0 Å². The zero-order chi connectivity index (χ0) is 24.0. The molecule has 0 radical (unpaired) electrons. The van der Waals surface area contributed by atoms with Crippen LogP contribution in [-0.2, 0) is 12.8 Å². The number of rotatable bonds is 7. The summed E-state index contributed by atoms with van der Waals surface area (Å²) in [4.78, 5) is 24.2. The third kappa shape index (κ3) is 5.43. The molecule has 5 rings (SSSR count). The number of para-hydroxylation sites is 1. The van der Waals surface area contributed by atoms with Crippen LogP contribution < -0.4 is 4.74 Å². The van der Waals surface area contributed by atoms with E-state index in [0.29, 0.717) is 24.4 Å². The Balaban J connectivity index is 1.22. The number of hydrogen-bond acceptors (Lipinski definition) is 5. The molecule has 1 amide bonds. The van der Waals surface area contributed by atoms with Crippen LogP contribution in [0.4, 0.5) is 0 Å². The molecule has 1 fully saturated rings. The fraction of sp³-hybridized carbons (Fsp3) is 0.276. The molecule has 0 bridgehead atoms. The van der Waals surface area contributed by atoms with Crippen LogP contribution >= 0.6 is 0 Å². The third-order valence-corrected chi connectivity index (χ3v) is 6.49. The third-order valence-electron chi connectivity index (χ3n) is 6.49. The van der Waals surface area contributed by atoms with E-state index in [0.717, 1.165) is 48.6 Å². The van der Waals surface area contributed by atoms with Crippen LogP contribution in [-0.4, -0.2) is 41.0 Å². The normalized spacial score (nSPS) is 15.7. The van der Waals surface area contributed by atoms with E-state index >= 15 is 0 Å². The highest BCUT2D eigenvalue weighted by Gasteiger charge is 2.28. The van der Waals surface area contributed by atoms with Crippen molar-refractivity contribution in [2.45, 2.75) is 31.6 Å². The molecular formula is C29H29N3O3. The number of piperidine rings is 1. The molecular weight excluding hydrogens is 438 g/mol. The lowest BCUT2D eigenvalue weighted by molar-refractivity contribution is 0.0697. The van der Waals surface area contributed by atoms with Gasteiger partial charge in [-0.25, -0.2) is 4.98 Å². The number of amides is 1. The number of nitrogens with zero attached hydrogens (tertiary/aromatic N) is 3. The maximum atomic E-state index is 13.2. The van der Waals surface area contributed by atoms with Crippen LogP contribution in [0.5, 0.6) is 5.75 Å². The smallest absolute Gasteiger partial charge is 0.255 e. The first kappa shape index (κ1) is 22.8. The fourth-order valence-electron chi connectivity index (χ4n) is 4.64. The van der Waals surface area contributed by atoms with Crippen molar-refractivity contribution < 1.29 is 13.9 Å². The number of aromatic nitrogens is 2. The first-order valence-electron chi connectivity index (χ1n) is 12.0. The summed E-state index contributed by atoms with van der Waals surface area (Å²) in [6, 6.07) is 22.0. The zero-order valence-electron chi connectivity index (χ0n) is 19.9. The van der Waals surface area contributed by atoms with Crippen molar-refractivity contribution in [1.82, 2.24) is 14.9 Å². The van der Waals surface area contributed by atoms with Crippen LogP contribution in [0.3, 0.4) is 0 Å². The van der Waals surface area contributed by atoms with Crippen LogP contribution in [0.25, 0.3) is 0 Å². The summed E-state index contributed by atoms with van der Waals surface area (Å²) in [7, 11) is 1.67. The number of oxazole rings is 1. The number of pyridine rings is 1. The summed E-state index contributed by atoms with van der Waals surface area (Å²) in [6.07, 6.45) is 6.72. The van der Waals surface area contributed by atoms with Gasteiger partial charge in [-0.2, -0.15) is 0 Å². The summed E-state index contributed by atoms with van der Waals surface area (Å²) in [5.41, 5.74) is 3.83. The van der Waals surface area contributed by atoms with Gasteiger partial charge in [0, 0.05) is 43.4 Å². The van der Waals surface area contributed by atoms with Gasteiger partial charge in [-0.3, -0.25) is 9.78 Å². The Morgan fingerprint density at radius 2 is 1.83 bits per heavy atom. The van der Waals surface area contributed by atoms with Crippen molar-refractivity contribution in [3.63, 3.8) is 0 Å². The van der Waals surface area contributed by atoms with E-state index in [4.69, 9.17) is 9.15 Å². The second-order valence-corrected chi connectivity index (χ2v) is 8.94.